The molecule has 2 aromatic carbocycles. The van der Waals surface area contributed by atoms with Crippen molar-refractivity contribution in [2.45, 2.75) is 18.4 Å². The molecule has 0 spiro atoms. The Balaban J connectivity index is 1.56. The molecule has 2 heterocycles. The first-order chi connectivity index (χ1) is 15.6. The number of nitrogens with zero attached hydrogens (tertiary/aromatic N) is 3. The summed E-state index contributed by atoms with van der Waals surface area (Å²) >= 11 is 1.37. The van der Waals surface area contributed by atoms with Crippen molar-refractivity contribution in [1.29, 1.82) is 0 Å². The number of hydrogen-bond acceptors (Lipinski definition) is 9. The van der Waals surface area contributed by atoms with Gasteiger partial charge in [0.25, 0.3) is 0 Å². The summed E-state index contributed by atoms with van der Waals surface area (Å²) in [5, 5.41) is 9.12. The third kappa shape index (κ3) is 4.50. The van der Waals surface area contributed by atoms with Gasteiger partial charge in [0.1, 0.15) is 16.9 Å². The van der Waals surface area contributed by atoms with Crippen molar-refractivity contribution in [2.75, 3.05) is 25.5 Å². The minimum absolute atomic E-state index is 0.315. The maximum absolute atomic E-state index is 11.9. The standard InChI is InChI=1S/C22H22N4O5S/c1-4-30-22(27)15-11-23-26(13-15)12-14-9-17(29-3)20-18(10-14)31-24-21(20)25-32-19-8-6-5-7-16(19)28-2/h5-11,13H,4,12H2,1-3H3,(H,24,25). The van der Waals surface area contributed by atoms with Gasteiger partial charge in [-0.05, 0) is 48.7 Å². The predicted molar refractivity (Wildman–Crippen MR) is 120 cm³/mol. The summed E-state index contributed by atoms with van der Waals surface area (Å²) in [6.07, 6.45) is 3.13. The number of anilines is 1. The SMILES string of the molecule is CCOC(=O)c1cnn(Cc2cc(OC)c3c(NSc4ccccc4OC)noc3c2)c1. The normalized spacial score (nSPS) is 10.8. The van der Waals surface area contributed by atoms with Gasteiger partial charge in [-0.1, -0.05) is 17.3 Å². The van der Waals surface area contributed by atoms with Crippen molar-refractivity contribution < 1.29 is 23.5 Å². The predicted octanol–water partition coefficient (Wildman–Crippen LogP) is 4.39. The number of carbonyl (C=O) groups excluding carboxylic acids is 1. The first-order valence-electron chi connectivity index (χ1n) is 9.84. The summed E-state index contributed by atoms with van der Waals surface area (Å²) in [6.45, 7) is 2.50. The number of carbonyl (C=O) groups is 1. The molecular formula is C22H22N4O5S. The van der Waals surface area contributed by atoms with Crippen LogP contribution in [0.2, 0.25) is 0 Å². The van der Waals surface area contributed by atoms with E-state index in [1.54, 1.807) is 32.0 Å². The molecule has 4 aromatic rings. The molecular weight excluding hydrogens is 432 g/mol. The molecule has 166 valence electrons. The molecule has 0 atom stereocenters. The molecule has 0 bridgehead atoms. The van der Waals surface area contributed by atoms with Crippen molar-refractivity contribution in [3.63, 3.8) is 0 Å². The average Bonchev–Trinajstić information content (AvgIpc) is 3.44. The molecule has 2 aromatic heterocycles. The first kappa shape index (κ1) is 21.6. The van der Waals surface area contributed by atoms with Gasteiger partial charge in [0.05, 0.1) is 44.0 Å². The summed E-state index contributed by atoms with van der Waals surface area (Å²) in [4.78, 5) is 12.8. The summed E-state index contributed by atoms with van der Waals surface area (Å²) in [5.74, 6) is 1.52. The van der Waals surface area contributed by atoms with Crippen LogP contribution in [-0.4, -0.2) is 41.7 Å². The Labute approximate surface area is 188 Å². The number of rotatable bonds is 9. The number of ether oxygens (including phenoxy) is 3. The molecule has 1 N–H and O–H groups in total. The Bertz CT molecular complexity index is 1240. The molecule has 0 saturated heterocycles. The van der Waals surface area contributed by atoms with Crippen molar-refractivity contribution in [3.8, 4) is 11.5 Å². The molecule has 0 amide bonds. The molecule has 0 aliphatic heterocycles. The number of methoxy groups -OCH3 is 2. The van der Waals surface area contributed by atoms with Crippen LogP contribution in [0.3, 0.4) is 0 Å². The van der Waals surface area contributed by atoms with Crippen molar-refractivity contribution in [2.24, 2.45) is 0 Å². The van der Waals surface area contributed by atoms with Crippen molar-refractivity contribution in [1.82, 2.24) is 14.9 Å². The molecule has 0 radical (unpaired) electrons. The second-order valence-electron chi connectivity index (χ2n) is 6.70. The summed E-state index contributed by atoms with van der Waals surface area (Å²) < 4.78 is 26.4. The number of para-hydroxylation sites is 1. The molecule has 32 heavy (non-hydrogen) atoms. The van der Waals surface area contributed by atoms with Crippen LogP contribution in [0.25, 0.3) is 11.0 Å². The van der Waals surface area contributed by atoms with Gasteiger partial charge in [-0.2, -0.15) is 5.10 Å². The van der Waals surface area contributed by atoms with Gasteiger partial charge in [-0.15, -0.1) is 0 Å². The lowest BCUT2D eigenvalue weighted by Crippen LogP contribution is -2.04. The van der Waals surface area contributed by atoms with E-state index in [-0.39, 0.29) is 0 Å². The Kier molecular flexibility index (Phi) is 6.50. The number of nitrogens with one attached hydrogen (secondary N) is 1. The Morgan fingerprint density at radius 1 is 1.19 bits per heavy atom. The highest BCUT2D eigenvalue weighted by Gasteiger charge is 2.17. The van der Waals surface area contributed by atoms with E-state index >= 15 is 0 Å². The maximum atomic E-state index is 11.9. The lowest BCUT2D eigenvalue weighted by atomic mass is 10.1. The van der Waals surface area contributed by atoms with Gasteiger partial charge in [-0.3, -0.25) is 4.68 Å². The highest BCUT2D eigenvalue weighted by atomic mass is 32.2. The molecule has 0 unspecified atom stereocenters. The minimum Gasteiger partial charge on any atom is -0.496 e. The molecule has 0 saturated carbocycles. The third-order valence-corrected chi connectivity index (χ3v) is 5.49. The van der Waals surface area contributed by atoms with Gasteiger partial charge in [0, 0.05) is 6.20 Å². The largest absolute Gasteiger partial charge is 0.496 e. The number of aromatic nitrogens is 3. The second kappa shape index (κ2) is 9.65. The molecule has 0 aliphatic rings. The lowest BCUT2D eigenvalue weighted by molar-refractivity contribution is 0.0526. The number of benzene rings is 2. The smallest absolute Gasteiger partial charge is 0.341 e. The van der Waals surface area contributed by atoms with Gasteiger partial charge in [-0.25, -0.2) is 4.79 Å². The molecule has 9 nitrogen and oxygen atoms in total. The van der Waals surface area contributed by atoms with Crippen LogP contribution < -0.4 is 14.2 Å². The van der Waals surface area contributed by atoms with Gasteiger partial charge in [0.2, 0.25) is 0 Å². The number of esters is 1. The third-order valence-electron chi connectivity index (χ3n) is 4.63. The fourth-order valence-corrected chi connectivity index (χ4v) is 3.92. The summed E-state index contributed by atoms with van der Waals surface area (Å²) in [6, 6.07) is 11.4. The summed E-state index contributed by atoms with van der Waals surface area (Å²) in [5.41, 5.74) is 1.85. The highest BCUT2D eigenvalue weighted by Crippen LogP contribution is 2.37. The Morgan fingerprint density at radius 2 is 2.00 bits per heavy atom. The fraction of sp³-hybridized carbons (Fsp3) is 0.227. The van der Waals surface area contributed by atoms with Crippen LogP contribution in [0.15, 0.2) is 58.2 Å². The topological polar surface area (TPSA) is 101 Å². The average molecular weight is 455 g/mol. The minimum atomic E-state index is -0.398. The van der Waals surface area contributed by atoms with Crippen LogP contribution in [0.5, 0.6) is 11.5 Å². The van der Waals surface area contributed by atoms with Gasteiger partial charge in [0.15, 0.2) is 11.4 Å². The zero-order valence-electron chi connectivity index (χ0n) is 17.8. The Morgan fingerprint density at radius 3 is 2.78 bits per heavy atom. The zero-order valence-corrected chi connectivity index (χ0v) is 18.6. The van der Waals surface area contributed by atoms with Crippen molar-refractivity contribution in [3.05, 3.63) is 59.9 Å². The van der Waals surface area contributed by atoms with Crippen molar-refractivity contribution >= 4 is 34.7 Å². The van der Waals surface area contributed by atoms with E-state index in [0.29, 0.717) is 35.9 Å². The van der Waals surface area contributed by atoms with E-state index in [1.807, 2.05) is 36.4 Å². The molecule has 10 heteroatoms. The van der Waals surface area contributed by atoms with Gasteiger partial charge >= 0.3 is 5.97 Å². The van der Waals surface area contributed by atoms with E-state index in [1.165, 1.54) is 18.1 Å². The highest BCUT2D eigenvalue weighted by molar-refractivity contribution is 8.00. The fourth-order valence-electron chi connectivity index (χ4n) is 3.18. The quantitative estimate of drug-likeness (QED) is 0.291. The molecule has 4 rings (SSSR count). The first-order valence-corrected chi connectivity index (χ1v) is 10.7. The van der Waals surface area contributed by atoms with E-state index < -0.39 is 5.97 Å². The van der Waals surface area contributed by atoms with E-state index in [0.717, 1.165) is 21.6 Å². The molecule has 0 aliphatic carbocycles. The van der Waals surface area contributed by atoms with Gasteiger partial charge < -0.3 is 23.5 Å². The number of hydrogen-bond donors (Lipinski definition) is 1. The summed E-state index contributed by atoms with van der Waals surface area (Å²) in [7, 11) is 3.22. The van der Waals surface area contributed by atoms with Crippen LogP contribution in [-0.2, 0) is 11.3 Å². The van der Waals surface area contributed by atoms with Crippen LogP contribution >= 0.6 is 11.9 Å². The second-order valence-corrected chi connectivity index (χ2v) is 7.55. The maximum Gasteiger partial charge on any atom is 0.341 e. The van der Waals surface area contributed by atoms with Crippen LogP contribution in [0.1, 0.15) is 22.8 Å². The van der Waals surface area contributed by atoms with E-state index in [4.69, 9.17) is 18.7 Å². The van der Waals surface area contributed by atoms with Crippen LogP contribution in [0, 0.1) is 0 Å². The molecule has 0 fully saturated rings. The van der Waals surface area contributed by atoms with E-state index in [9.17, 15) is 4.79 Å². The Hall–Kier alpha value is -3.66. The lowest BCUT2D eigenvalue weighted by Gasteiger charge is -2.09. The number of fused-ring (bicyclic) bond motifs is 1. The van der Waals surface area contributed by atoms with Crippen LogP contribution in [0.4, 0.5) is 5.82 Å². The zero-order chi connectivity index (χ0) is 22.5. The van der Waals surface area contributed by atoms with E-state index in [2.05, 4.69) is 15.0 Å². The monoisotopic (exact) mass is 454 g/mol.